The topological polar surface area (TPSA) is 51.2 Å². The van der Waals surface area contributed by atoms with Gasteiger partial charge in [-0.1, -0.05) is 23.7 Å². The summed E-state index contributed by atoms with van der Waals surface area (Å²) in [5.41, 5.74) is 1.42. The first-order valence-corrected chi connectivity index (χ1v) is 6.55. The van der Waals surface area contributed by atoms with Gasteiger partial charge in [0.25, 0.3) is 0 Å². The average molecular weight is 291 g/mol. The molecule has 0 aliphatic heterocycles. The van der Waals surface area contributed by atoms with Gasteiger partial charge in [-0.05, 0) is 36.8 Å². The zero-order valence-electron chi connectivity index (χ0n) is 11.3. The lowest BCUT2D eigenvalue weighted by atomic mass is 10.1. The summed E-state index contributed by atoms with van der Waals surface area (Å²) in [4.78, 5) is 15.9. The number of pyridine rings is 1. The molecule has 1 N–H and O–H groups in total. The molecular weight excluding hydrogens is 276 g/mol. The molecule has 1 atom stereocenters. The third-order valence-electron chi connectivity index (χ3n) is 2.91. The quantitative estimate of drug-likeness (QED) is 0.873. The van der Waals surface area contributed by atoms with Crippen LogP contribution in [0.5, 0.6) is 0 Å². The minimum absolute atomic E-state index is 0.0352. The number of hydrogen-bond donors (Lipinski definition) is 1. The zero-order chi connectivity index (χ0) is 14.5. The number of rotatable bonds is 4. The standard InChI is InChI=1S/C15H15ClN2O2/c1-10(11-5-3-6-12(16)9-11)18-14-13(15(19)20-2)7-4-8-17-14/h3-10H,1-2H3,(H,17,18). The summed E-state index contributed by atoms with van der Waals surface area (Å²) in [7, 11) is 1.35. The number of hydrogen-bond acceptors (Lipinski definition) is 4. The number of ether oxygens (including phenoxy) is 1. The number of esters is 1. The van der Waals surface area contributed by atoms with E-state index in [1.165, 1.54) is 7.11 Å². The summed E-state index contributed by atoms with van der Waals surface area (Å²) < 4.78 is 4.74. The van der Waals surface area contributed by atoms with Crippen LogP contribution in [-0.2, 0) is 4.74 Å². The summed E-state index contributed by atoms with van der Waals surface area (Å²) in [6, 6.07) is 10.9. The van der Waals surface area contributed by atoms with Gasteiger partial charge in [0.1, 0.15) is 11.4 Å². The largest absolute Gasteiger partial charge is 0.465 e. The summed E-state index contributed by atoms with van der Waals surface area (Å²) in [5, 5.41) is 3.87. The van der Waals surface area contributed by atoms with E-state index in [2.05, 4.69) is 10.3 Å². The Morgan fingerprint density at radius 2 is 2.15 bits per heavy atom. The van der Waals surface area contributed by atoms with Crippen molar-refractivity contribution in [3.63, 3.8) is 0 Å². The van der Waals surface area contributed by atoms with Crippen molar-refractivity contribution in [3.8, 4) is 0 Å². The number of anilines is 1. The van der Waals surface area contributed by atoms with Gasteiger partial charge in [0.15, 0.2) is 0 Å². The average Bonchev–Trinajstić information content (AvgIpc) is 2.47. The third-order valence-corrected chi connectivity index (χ3v) is 3.15. The van der Waals surface area contributed by atoms with E-state index in [-0.39, 0.29) is 6.04 Å². The molecule has 0 amide bonds. The van der Waals surface area contributed by atoms with Crippen molar-refractivity contribution in [2.24, 2.45) is 0 Å². The van der Waals surface area contributed by atoms with Crippen molar-refractivity contribution < 1.29 is 9.53 Å². The van der Waals surface area contributed by atoms with Gasteiger partial charge in [-0.3, -0.25) is 0 Å². The van der Waals surface area contributed by atoms with Crippen molar-refractivity contribution in [1.82, 2.24) is 4.98 Å². The van der Waals surface area contributed by atoms with Crippen LogP contribution in [0.3, 0.4) is 0 Å². The third kappa shape index (κ3) is 3.27. The van der Waals surface area contributed by atoms with E-state index >= 15 is 0 Å². The van der Waals surface area contributed by atoms with Crippen molar-refractivity contribution >= 4 is 23.4 Å². The zero-order valence-corrected chi connectivity index (χ0v) is 12.0. The maximum atomic E-state index is 11.7. The van der Waals surface area contributed by atoms with E-state index in [1.54, 1.807) is 18.3 Å². The monoisotopic (exact) mass is 290 g/mol. The van der Waals surface area contributed by atoms with Gasteiger partial charge in [0.2, 0.25) is 0 Å². The van der Waals surface area contributed by atoms with Crippen LogP contribution in [0.15, 0.2) is 42.6 Å². The molecule has 2 rings (SSSR count). The highest BCUT2D eigenvalue weighted by atomic mass is 35.5. The van der Waals surface area contributed by atoms with Crippen molar-refractivity contribution in [3.05, 3.63) is 58.7 Å². The molecule has 5 heteroatoms. The molecule has 0 aliphatic carbocycles. The second-order valence-electron chi connectivity index (χ2n) is 4.31. The van der Waals surface area contributed by atoms with Gasteiger partial charge in [-0.25, -0.2) is 9.78 Å². The molecule has 0 bridgehead atoms. The van der Waals surface area contributed by atoms with E-state index in [1.807, 2.05) is 31.2 Å². The molecule has 0 saturated heterocycles. The highest BCUT2D eigenvalue weighted by molar-refractivity contribution is 6.30. The van der Waals surface area contributed by atoms with Crippen LogP contribution in [0, 0.1) is 0 Å². The van der Waals surface area contributed by atoms with Crippen LogP contribution in [0.4, 0.5) is 5.82 Å². The van der Waals surface area contributed by atoms with E-state index in [0.717, 1.165) is 5.56 Å². The molecule has 1 unspecified atom stereocenters. The predicted octanol–water partition coefficient (Wildman–Crippen LogP) is 3.69. The van der Waals surface area contributed by atoms with Crippen molar-refractivity contribution in [1.29, 1.82) is 0 Å². The van der Waals surface area contributed by atoms with Crippen LogP contribution < -0.4 is 5.32 Å². The molecule has 20 heavy (non-hydrogen) atoms. The Morgan fingerprint density at radius 3 is 2.85 bits per heavy atom. The van der Waals surface area contributed by atoms with E-state index in [9.17, 15) is 4.79 Å². The van der Waals surface area contributed by atoms with Crippen LogP contribution in [-0.4, -0.2) is 18.1 Å². The second kappa shape index (κ2) is 6.39. The van der Waals surface area contributed by atoms with Crippen molar-refractivity contribution in [2.45, 2.75) is 13.0 Å². The van der Waals surface area contributed by atoms with Crippen LogP contribution in [0.2, 0.25) is 5.02 Å². The fourth-order valence-corrected chi connectivity index (χ4v) is 2.06. The van der Waals surface area contributed by atoms with Crippen LogP contribution in [0.25, 0.3) is 0 Å². The Labute approximate surface area is 122 Å². The molecule has 4 nitrogen and oxygen atoms in total. The lowest BCUT2D eigenvalue weighted by Crippen LogP contribution is -2.13. The van der Waals surface area contributed by atoms with E-state index < -0.39 is 5.97 Å². The number of methoxy groups -OCH3 is 1. The lowest BCUT2D eigenvalue weighted by molar-refractivity contribution is 0.0601. The SMILES string of the molecule is COC(=O)c1cccnc1NC(C)c1cccc(Cl)c1. The first-order chi connectivity index (χ1) is 9.61. The highest BCUT2D eigenvalue weighted by Crippen LogP contribution is 2.23. The number of carbonyl (C=O) groups excluding carboxylic acids is 1. The van der Waals surface area contributed by atoms with Gasteiger partial charge in [-0.2, -0.15) is 0 Å². The number of benzene rings is 1. The van der Waals surface area contributed by atoms with Gasteiger partial charge < -0.3 is 10.1 Å². The number of nitrogens with one attached hydrogen (secondary N) is 1. The smallest absolute Gasteiger partial charge is 0.341 e. The number of halogens is 1. The van der Waals surface area contributed by atoms with Crippen LogP contribution >= 0.6 is 11.6 Å². The Hall–Kier alpha value is -2.07. The molecule has 0 radical (unpaired) electrons. The van der Waals surface area contributed by atoms with Crippen molar-refractivity contribution in [2.75, 3.05) is 12.4 Å². The minimum atomic E-state index is -0.418. The fraction of sp³-hybridized carbons (Fsp3) is 0.200. The minimum Gasteiger partial charge on any atom is -0.465 e. The summed E-state index contributed by atoms with van der Waals surface area (Å²) in [6.07, 6.45) is 1.62. The number of nitrogens with zero attached hydrogens (tertiary/aromatic N) is 1. The molecule has 1 aromatic carbocycles. The summed E-state index contributed by atoms with van der Waals surface area (Å²) >= 11 is 5.98. The Morgan fingerprint density at radius 1 is 1.35 bits per heavy atom. The number of carbonyl (C=O) groups is 1. The first-order valence-electron chi connectivity index (χ1n) is 6.17. The molecule has 0 aliphatic rings. The van der Waals surface area contributed by atoms with Gasteiger partial charge >= 0.3 is 5.97 Å². The Balaban J connectivity index is 2.24. The summed E-state index contributed by atoms with van der Waals surface area (Å²) in [6.45, 7) is 1.97. The van der Waals surface area contributed by atoms with Gasteiger partial charge in [0, 0.05) is 11.2 Å². The van der Waals surface area contributed by atoms with Gasteiger partial charge in [-0.15, -0.1) is 0 Å². The molecule has 1 aromatic heterocycles. The maximum Gasteiger partial charge on any atom is 0.341 e. The van der Waals surface area contributed by atoms with Crippen LogP contribution in [0.1, 0.15) is 28.9 Å². The summed E-state index contributed by atoms with van der Waals surface area (Å²) in [5.74, 6) is 0.0747. The molecular formula is C15H15ClN2O2. The van der Waals surface area contributed by atoms with Gasteiger partial charge in [0.05, 0.1) is 13.2 Å². The molecule has 0 saturated carbocycles. The molecule has 2 aromatic rings. The maximum absolute atomic E-state index is 11.7. The molecule has 0 fully saturated rings. The van der Waals surface area contributed by atoms with E-state index in [0.29, 0.717) is 16.4 Å². The Kier molecular flexibility index (Phi) is 4.58. The predicted molar refractivity (Wildman–Crippen MR) is 79.1 cm³/mol. The second-order valence-corrected chi connectivity index (χ2v) is 4.75. The number of aromatic nitrogens is 1. The first kappa shape index (κ1) is 14.3. The molecule has 104 valence electrons. The lowest BCUT2D eigenvalue weighted by Gasteiger charge is -2.17. The highest BCUT2D eigenvalue weighted by Gasteiger charge is 2.15. The molecule has 0 spiro atoms. The van der Waals surface area contributed by atoms with E-state index in [4.69, 9.17) is 16.3 Å². The fourth-order valence-electron chi connectivity index (χ4n) is 1.86. The Bertz CT molecular complexity index is 616. The normalized spacial score (nSPS) is 11.8. The molecule has 1 heterocycles.